The molecule has 0 aromatic heterocycles. The summed E-state index contributed by atoms with van der Waals surface area (Å²) in [5.74, 6) is -0.270. The summed E-state index contributed by atoms with van der Waals surface area (Å²) in [6.07, 6.45) is 0. The van der Waals surface area contributed by atoms with Crippen molar-refractivity contribution in [2.75, 3.05) is 39.6 Å². The number of nitrogens with zero attached hydrogens (tertiary/aromatic N) is 1. The van der Waals surface area contributed by atoms with Crippen LogP contribution in [0.3, 0.4) is 0 Å². The number of ether oxygens (including phenoxy) is 3. The first-order chi connectivity index (χ1) is 12.0. The third-order valence-electron chi connectivity index (χ3n) is 4.30. The molecule has 1 fully saturated rings. The number of thiocarbonyl (C=S) groups is 1. The molecule has 0 radical (unpaired) electrons. The normalized spacial score (nSPS) is 18.5. The average Bonchev–Trinajstić information content (AvgIpc) is 2.73. The van der Waals surface area contributed by atoms with E-state index >= 15 is 0 Å². The number of esters is 1. The van der Waals surface area contributed by atoms with Crippen LogP contribution in [0.15, 0.2) is 18.2 Å². The minimum absolute atomic E-state index is 0.178. The van der Waals surface area contributed by atoms with E-state index in [-0.39, 0.29) is 45.5 Å². The first-order valence-electron chi connectivity index (χ1n) is 8.01. The molecule has 0 spiro atoms. The number of carbonyl (C=O) groups is 2. The van der Waals surface area contributed by atoms with Gasteiger partial charge in [-0.1, -0.05) is 12.2 Å². The quantitative estimate of drug-likeness (QED) is 0.623. The van der Waals surface area contributed by atoms with Crippen molar-refractivity contribution < 1.29 is 28.9 Å². The number of aliphatic hydroxyl groups is 1. The highest BCUT2D eigenvalue weighted by atomic mass is 32.1. The molecule has 2 aliphatic rings. The van der Waals surface area contributed by atoms with Crippen molar-refractivity contribution in [1.82, 2.24) is 4.90 Å². The van der Waals surface area contributed by atoms with Gasteiger partial charge in [0.1, 0.15) is 22.8 Å². The van der Waals surface area contributed by atoms with Crippen molar-refractivity contribution in [1.29, 1.82) is 0 Å². The van der Waals surface area contributed by atoms with Crippen LogP contribution in [0.4, 0.5) is 0 Å². The molecule has 7 nitrogen and oxygen atoms in total. The molecule has 2 heterocycles. The van der Waals surface area contributed by atoms with Crippen LogP contribution in [0.5, 0.6) is 5.75 Å². The minimum Gasteiger partial charge on any atom is -0.491 e. The minimum atomic E-state index is -0.931. The molecular formula is C17H19NO6S. The third-order valence-corrected chi connectivity index (χ3v) is 4.74. The zero-order valence-corrected chi connectivity index (χ0v) is 14.6. The highest BCUT2D eigenvalue weighted by molar-refractivity contribution is 7.80. The van der Waals surface area contributed by atoms with Crippen LogP contribution in [0.2, 0.25) is 0 Å². The maximum Gasteiger partial charge on any atom is 0.338 e. The Morgan fingerprint density at radius 1 is 1.40 bits per heavy atom. The zero-order chi connectivity index (χ0) is 18.0. The van der Waals surface area contributed by atoms with E-state index in [9.17, 15) is 14.7 Å². The Morgan fingerprint density at radius 3 is 2.76 bits per heavy atom. The molecule has 1 saturated heterocycles. The highest BCUT2D eigenvalue weighted by Crippen LogP contribution is 2.32. The van der Waals surface area contributed by atoms with E-state index in [1.165, 1.54) is 4.90 Å². The number of carbonyl (C=O) groups excluding carboxylic acids is 2. The summed E-state index contributed by atoms with van der Waals surface area (Å²) in [5, 5.41) is 9.58. The van der Waals surface area contributed by atoms with Crippen LogP contribution >= 0.6 is 12.2 Å². The van der Waals surface area contributed by atoms with Gasteiger partial charge >= 0.3 is 5.97 Å². The molecule has 134 valence electrons. The summed E-state index contributed by atoms with van der Waals surface area (Å²) in [5.41, 5.74) is -0.0102. The lowest BCUT2D eigenvalue weighted by atomic mass is 9.85. The molecule has 1 aromatic carbocycles. The van der Waals surface area contributed by atoms with Crippen molar-refractivity contribution >= 4 is 29.1 Å². The molecule has 8 heteroatoms. The van der Waals surface area contributed by atoms with Crippen LogP contribution in [0, 0.1) is 5.41 Å². The molecule has 0 unspecified atom stereocenters. The summed E-state index contributed by atoms with van der Waals surface area (Å²) in [7, 11) is 0. The van der Waals surface area contributed by atoms with Gasteiger partial charge in [0, 0.05) is 0 Å². The lowest BCUT2D eigenvalue weighted by Gasteiger charge is -2.41. The molecule has 0 atom stereocenters. The van der Waals surface area contributed by atoms with Crippen molar-refractivity contribution in [3.8, 4) is 5.75 Å². The van der Waals surface area contributed by atoms with E-state index in [0.717, 1.165) is 0 Å². The van der Waals surface area contributed by atoms with Crippen LogP contribution in [0.1, 0.15) is 22.8 Å². The van der Waals surface area contributed by atoms with E-state index in [1.54, 1.807) is 25.1 Å². The number of aliphatic hydroxyl groups excluding tert-OH is 1. The molecule has 1 aromatic rings. The maximum atomic E-state index is 12.8. The molecule has 25 heavy (non-hydrogen) atoms. The lowest BCUT2D eigenvalue weighted by Crippen LogP contribution is -2.58. The van der Waals surface area contributed by atoms with Gasteiger partial charge in [0.2, 0.25) is 5.91 Å². The summed E-state index contributed by atoms with van der Waals surface area (Å²) in [4.78, 5) is 26.5. The van der Waals surface area contributed by atoms with Gasteiger partial charge in [-0.15, -0.1) is 0 Å². The second kappa shape index (κ2) is 7.07. The van der Waals surface area contributed by atoms with Crippen LogP contribution < -0.4 is 4.74 Å². The predicted octanol–water partition coefficient (Wildman–Crippen LogP) is 0.769. The summed E-state index contributed by atoms with van der Waals surface area (Å²) >= 11 is 5.48. The Labute approximate surface area is 150 Å². The van der Waals surface area contributed by atoms with Gasteiger partial charge in [0.05, 0.1) is 44.1 Å². The molecule has 1 amide bonds. The second-order valence-corrected chi connectivity index (χ2v) is 6.36. The summed E-state index contributed by atoms with van der Waals surface area (Å²) < 4.78 is 15.8. The van der Waals surface area contributed by atoms with Gasteiger partial charge in [0.25, 0.3) is 0 Å². The van der Waals surface area contributed by atoms with E-state index < -0.39 is 11.4 Å². The van der Waals surface area contributed by atoms with E-state index in [2.05, 4.69) is 0 Å². The van der Waals surface area contributed by atoms with Gasteiger partial charge < -0.3 is 19.3 Å². The Morgan fingerprint density at radius 2 is 2.16 bits per heavy atom. The fourth-order valence-electron chi connectivity index (χ4n) is 2.76. The summed E-state index contributed by atoms with van der Waals surface area (Å²) in [6.45, 7) is 2.57. The lowest BCUT2D eigenvalue weighted by molar-refractivity contribution is -0.176. The highest BCUT2D eigenvalue weighted by Gasteiger charge is 2.48. The molecule has 1 N–H and O–H groups in total. The second-order valence-electron chi connectivity index (χ2n) is 5.97. The number of amides is 1. The number of hydrogen-bond donors (Lipinski definition) is 1. The Bertz CT molecular complexity index is 710. The first-order valence-corrected chi connectivity index (χ1v) is 8.42. The largest absolute Gasteiger partial charge is 0.491 e. The van der Waals surface area contributed by atoms with Crippen molar-refractivity contribution in [3.05, 3.63) is 29.3 Å². The Balaban J connectivity index is 1.88. The smallest absolute Gasteiger partial charge is 0.338 e. The van der Waals surface area contributed by atoms with E-state index in [1.807, 2.05) is 0 Å². The number of hydrogen-bond acceptors (Lipinski definition) is 7. The standard InChI is InChI=1S/C17H19NO6S/c1-2-23-15(20)11-3-4-12-13(7-11)24-6-5-18(14(12)25)16(21)17(8-19)9-22-10-17/h3-4,7,19H,2,5-6,8-10H2,1H3. The Hall–Kier alpha value is -2.03. The molecule has 0 saturated carbocycles. The number of fused-ring (bicyclic) bond motifs is 1. The molecule has 3 rings (SSSR count). The van der Waals surface area contributed by atoms with Crippen molar-refractivity contribution in [2.24, 2.45) is 5.41 Å². The fourth-order valence-corrected chi connectivity index (χ4v) is 3.11. The fraction of sp³-hybridized carbons (Fsp3) is 0.471. The van der Waals surface area contributed by atoms with Gasteiger partial charge in [-0.05, 0) is 25.1 Å². The molecule has 2 aliphatic heterocycles. The van der Waals surface area contributed by atoms with E-state index in [0.29, 0.717) is 21.9 Å². The summed E-state index contributed by atoms with van der Waals surface area (Å²) in [6, 6.07) is 4.81. The number of benzene rings is 1. The monoisotopic (exact) mass is 365 g/mol. The van der Waals surface area contributed by atoms with Gasteiger partial charge in [-0.2, -0.15) is 0 Å². The van der Waals surface area contributed by atoms with Gasteiger partial charge in [0.15, 0.2) is 0 Å². The average molecular weight is 365 g/mol. The van der Waals surface area contributed by atoms with Gasteiger partial charge in [-0.25, -0.2) is 4.79 Å². The van der Waals surface area contributed by atoms with Crippen molar-refractivity contribution in [2.45, 2.75) is 6.92 Å². The predicted molar refractivity (Wildman–Crippen MR) is 91.6 cm³/mol. The Kier molecular flexibility index (Phi) is 5.03. The van der Waals surface area contributed by atoms with E-state index in [4.69, 9.17) is 26.4 Å². The van der Waals surface area contributed by atoms with Crippen LogP contribution in [-0.2, 0) is 14.3 Å². The van der Waals surface area contributed by atoms with Crippen LogP contribution in [-0.4, -0.2) is 66.5 Å². The molecule has 0 aliphatic carbocycles. The first kappa shape index (κ1) is 17.8. The zero-order valence-electron chi connectivity index (χ0n) is 13.8. The maximum absolute atomic E-state index is 12.8. The third kappa shape index (κ3) is 3.12. The van der Waals surface area contributed by atoms with Gasteiger partial charge in [-0.3, -0.25) is 9.69 Å². The van der Waals surface area contributed by atoms with Crippen LogP contribution in [0.25, 0.3) is 0 Å². The topological polar surface area (TPSA) is 85.3 Å². The molecule has 0 bridgehead atoms. The SMILES string of the molecule is CCOC(=O)c1ccc2c(c1)OCCN(C(=O)C1(CO)COC1)C2=S. The number of rotatable bonds is 4. The van der Waals surface area contributed by atoms with Crippen molar-refractivity contribution in [3.63, 3.8) is 0 Å². The molecular weight excluding hydrogens is 346 g/mol.